The van der Waals surface area contributed by atoms with Gasteiger partial charge in [0.15, 0.2) is 0 Å². The van der Waals surface area contributed by atoms with E-state index in [1.165, 1.54) is 12.8 Å². The molecule has 1 fully saturated rings. The van der Waals surface area contributed by atoms with E-state index in [1.807, 2.05) is 25.1 Å². The normalized spacial score (nSPS) is 18.3. The van der Waals surface area contributed by atoms with Gasteiger partial charge in [-0.2, -0.15) is 5.10 Å². The average molecular weight is 377 g/mol. The van der Waals surface area contributed by atoms with Crippen LogP contribution in [0.15, 0.2) is 35.4 Å². The largest absolute Gasteiger partial charge is 0.371 e. The molecule has 142 valence electrons. The molecule has 0 aliphatic carbocycles. The maximum absolute atomic E-state index is 12.7. The van der Waals surface area contributed by atoms with E-state index in [0.717, 1.165) is 24.3 Å². The number of hydrogen-bond donors (Lipinski definition) is 1. The zero-order valence-corrected chi connectivity index (χ0v) is 16.6. The van der Waals surface area contributed by atoms with Crippen LogP contribution in [-0.2, 0) is 23.1 Å². The van der Waals surface area contributed by atoms with Crippen LogP contribution in [0.4, 0.5) is 5.69 Å². The van der Waals surface area contributed by atoms with E-state index in [1.54, 1.807) is 17.8 Å². The number of para-hydroxylation sites is 1. The Morgan fingerprint density at radius 3 is 2.77 bits per heavy atom. The van der Waals surface area contributed by atoms with Gasteiger partial charge in [0.2, 0.25) is 10.0 Å². The maximum atomic E-state index is 12.7. The SMILES string of the molecule is CCn1cc(S(=O)(=O)NCc2ccccc2N2CCCC(C)C2)c(C)n1. The van der Waals surface area contributed by atoms with Crippen molar-refractivity contribution in [1.29, 1.82) is 0 Å². The van der Waals surface area contributed by atoms with Gasteiger partial charge in [0, 0.05) is 38.1 Å². The number of anilines is 1. The summed E-state index contributed by atoms with van der Waals surface area (Å²) in [5, 5.41) is 4.24. The standard InChI is InChI=1S/C19H28N4O2S/c1-4-23-14-19(16(3)21-23)26(24,25)20-12-17-9-5-6-10-18(17)22-11-7-8-15(2)13-22/h5-6,9-10,14-15,20H,4,7-8,11-13H2,1-3H3. The molecule has 6 nitrogen and oxygen atoms in total. The summed E-state index contributed by atoms with van der Waals surface area (Å²) in [6.07, 6.45) is 4.03. The molecule has 1 N–H and O–H groups in total. The zero-order valence-electron chi connectivity index (χ0n) is 15.8. The topological polar surface area (TPSA) is 67.2 Å². The van der Waals surface area contributed by atoms with Gasteiger partial charge in [0.05, 0.1) is 5.69 Å². The monoisotopic (exact) mass is 376 g/mol. The Hall–Kier alpha value is -1.86. The minimum atomic E-state index is -3.59. The predicted molar refractivity (Wildman–Crippen MR) is 104 cm³/mol. The van der Waals surface area contributed by atoms with E-state index < -0.39 is 10.0 Å². The first-order valence-corrected chi connectivity index (χ1v) is 10.8. The molecule has 2 aromatic rings. The van der Waals surface area contributed by atoms with Crippen molar-refractivity contribution in [2.24, 2.45) is 5.92 Å². The van der Waals surface area contributed by atoms with Gasteiger partial charge in [0.1, 0.15) is 4.90 Å². The van der Waals surface area contributed by atoms with Crippen LogP contribution < -0.4 is 9.62 Å². The van der Waals surface area contributed by atoms with Crippen LogP contribution in [0.3, 0.4) is 0 Å². The third-order valence-electron chi connectivity index (χ3n) is 4.96. The number of rotatable bonds is 6. The number of nitrogens with one attached hydrogen (secondary N) is 1. The smallest absolute Gasteiger partial charge is 0.244 e. The fourth-order valence-electron chi connectivity index (χ4n) is 3.55. The van der Waals surface area contributed by atoms with Crippen LogP contribution >= 0.6 is 0 Å². The Morgan fingerprint density at radius 2 is 2.08 bits per heavy atom. The highest BCUT2D eigenvalue weighted by atomic mass is 32.2. The van der Waals surface area contributed by atoms with Crippen molar-refractivity contribution < 1.29 is 8.42 Å². The van der Waals surface area contributed by atoms with Crippen LogP contribution in [0.25, 0.3) is 0 Å². The van der Waals surface area contributed by atoms with E-state index in [-0.39, 0.29) is 11.4 Å². The first kappa shape index (κ1) is 18.9. The summed E-state index contributed by atoms with van der Waals surface area (Å²) in [6, 6.07) is 8.06. The molecule has 1 atom stereocenters. The van der Waals surface area contributed by atoms with Gasteiger partial charge >= 0.3 is 0 Å². The van der Waals surface area contributed by atoms with Crippen molar-refractivity contribution in [1.82, 2.24) is 14.5 Å². The minimum absolute atomic E-state index is 0.253. The average Bonchev–Trinajstić information content (AvgIpc) is 3.02. The van der Waals surface area contributed by atoms with E-state index in [4.69, 9.17) is 0 Å². The molecule has 1 aromatic carbocycles. The zero-order chi connectivity index (χ0) is 18.7. The highest BCUT2D eigenvalue weighted by Crippen LogP contribution is 2.26. The second kappa shape index (κ2) is 7.80. The molecule has 0 bridgehead atoms. The summed E-state index contributed by atoms with van der Waals surface area (Å²) >= 11 is 0. The van der Waals surface area contributed by atoms with E-state index in [9.17, 15) is 8.42 Å². The van der Waals surface area contributed by atoms with E-state index in [2.05, 4.69) is 27.7 Å². The van der Waals surface area contributed by atoms with Gasteiger partial charge in [-0.15, -0.1) is 0 Å². The highest BCUT2D eigenvalue weighted by molar-refractivity contribution is 7.89. The summed E-state index contributed by atoms with van der Waals surface area (Å²) in [7, 11) is -3.59. The Kier molecular flexibility index (Phi) is 5.67. The molecule has 1 unspecified atom stereocenters. The van der Waals surface area contributed by atoms with Crippen LogP contribution in [0.2, 0.25) is 0 Å². The van der Waals surface area contributed by atoms with Crippen LogP contribution in [0.5, 0.6) is 0 Å². The van der Waals surface area contributed by atoms with Crippen molar-refractivity contribution in [2.45, 2.75) is 51.6 Å². The third kappa shape index (κ3) is 4.10. The van der Waals surface area contributed by atoms with Crippen LogP contribution in [0, 0.1) is 12.8 Å². The van der Waals surface area contributed by atoms with Crippen LogP contribution in [-0.4, -0.2) is 31.3 Å². The predicted octanol–water partition coefficient (Wildman–Crippen LogP) is 2.93. The second-order valence-electron chi connectivity index (χ2n) is 7.08. The van der Waals surface area contributed by atoms with Gasteiger partial charge in [-0.3, -0.25) is 4.68 Å². The van der Waals surface area contributed by atoms with Gasteiger partial charge in [-0.1, -0.05) is 25.1 Å². The first-order valence-electron chi connectivity index (χ1n) is 9.27. The van der Waals surface area contributed by atoms with Gasteiger partial charge < -0.3 is 4.90 Å². The molecule has 1 saturated heterocycles. The van der Waals surface area contributed by atoms with Gasteiger partial charge in [0.25, 0.3) is 0 Å². The molecule has 1 aliphatic heterocycles. The van der Waals surface area contributed by atoms with Gasteiger partial charge in [-0.05, 0) is 44.2 Å². The molecule has 0 amide bonds. The van der Waals surface area contributed by atoms with Crippen molar-refractivity contribution in [2.75, 3.05) is 18.0 Å². The van der Waals surface area contributed by atoms with E-state index >= 15 is 0 Å². The van der Waals surface area contributed by atoms with Crippen molar-refractivity contribution in [3.63, 3.8) is 0 Å². The lowest BCUT2D eigenvalue weighted by atomic mass is 9.99. The van der Waals surface area contributed by atoms with Crippen molar-refractivity contribution >= 4 is 15.7 Å². The molecule has 3 rings (SSSR count). The first-order chi connectivity index (χ1) is 12.4. The molecule has 0 spiro atoms. The third-order valence-corrected chi connectivity index (χ3v) is 6.46. The Balaban J connectivity index is 1.78. The fourth-order valence-corrected chi connectivity index (χ4v) is 4.74. The summed E-state index contributed by atoms with van der Waals surface area (Å²) in [4.78, 5) is 2.63. The lowest BCUT2D eigenvalue weighted by Crippen LogP contribution is -2.35. The number of aromatic nitrogens is 2. The molecule has 7 heteroatoms. The summed E-state index contributed by atoms with van der Waals surface area (Å²) in [5.41, 5.74) is 2.66. The lowest BCUT2D eigenvalue weighted by molar-refractivity contribution is 0.446. The Morgan fingerprint density at radius 1 is 1.31 bits per heavy atom. The van der Waals surface area contributed by atoms with E-state index in [0.29, 0.717) is 18.2 Å². The summed E-state index contributed by atoms with van der Waals surface area (Å²) in [6.45, 7) is 8.90. The number of hydrogen-bond acceptors (Lipinski definition) is 4. The fraction of sp³-hybridized carbons (Fsp3) is 0.526. The molecular weight excluding hydrogens is 348 g/mol. The highest BCUT2D eigenvalue weighted by Gasteiger charge is 2.22. The molecule has 0 radical (unpaired) electrons. The second-order valence-corrected chi connectivity index (χ2v) is 8.82. The molecule has 1 aliphatic rings. The molecule has 1 aromatic heterocycles. The summed E-state index contributed by atoms with van der Waals surface area (Å²) < 4.78 is 29.8. The van der Waals surface area contributed by atoms with Gasteiger partial charge in [-0.25, -0.2) is 13.1 Å². The van der Waals surface area contributed by atoms with Crippen molar-refractivity contribution in [3.8, 4) is 0 Å². The minimum Gasteiger partial charge on any atom is -0.371 e. The Labute approximate surface area is 156 Å². The number of benzene rings is 1. The van der Waals surface area contributed by atoms with Crippen molar-refractivity contribution in [3.05, 3.63) is 41.7 Å². The molecule has 2 heterocycles. The lowest BCUT2D eigenvalue weighted by Gasteiger charge is -2.34. The maximum Gasteiger partial charge on any atom is 0.244 e. The number of piperidine rings is 1. The molecule has 26 heavy (non-hydrogen) atoms. The summed E-state index contributed by atoms with van der Waals surface area (Å²) in [5.74, 6) is 0.663. The quantitative estimate of drug-likeness (QED) is 0.842. The molecule has 0 saturated carbocycles. The molecular formula is C19H28N4O2S. The van der Waals surface area contributed by atoms with Crippen LogP contribution in [0.1, 0.15) is 37.9 Å². The Bertz CT molecular complexity index is 860. The number of sulfonamides is 1. The number of nitrogens with zero attached hydrogens (tertiary/aromatic N) is 3. The number of aryl methyl sites for hydroxylation is 2.